The summed E-state index contributed by atoms with van der Waals surface area (Å²) in [4.78, 5) is 0. The van der Waals surface area contributed by atoms with Crippen molar-refractivity contribution in [1.29, 1.82) is 0 Å². The number of ether oxygens (including phenoxy) is 1. The topological polar surface area (TPSA) is 39.1 Å². The van der Waals surface area contributed by atoms with Gasteiger partial charge in [0.2, 0.25) is 0 Å². The van der Waals surface area contributed by atoms with Crippen LogP contribution in [0.4, 0.5) is 0 Å². The van der Waals surface area contributed by atoms with E-state index in [4.69, 9.17) is 9.84 Å². The molecular weight excluding hydrogens is 330 g/mol. The zero-order chi connectivity index (χ0) is 15.8. The summed E-state index contributed by atoms with van der Waals surface area (Å²) in [5, 5.41) is 8.19. The number of nitrogens with zero attached hydrogens (tertiary/aromatic N) is 2. The van der Waals surface area contributed by atoms with Crippen LogP contribution in [0.15, 0.2) is 4.47 Å². The lowest BCUT2D eigenvalue weighted by molar-refractivity contribution is 0.196. The zero-order valence-corrected chi connectivity index (χ0v) is 15.7. The average molecular weight is 360 g/mol. The molecule has 0 amide bonds. The molecule has 0 saturated carbocycles. The van der Waals surface area contributed by atoms with Crippen molar-refractivity contribution in [3.8, 4) is 0 Å². The summed E-state index contributed by atoms with van der Waals surface area (Å²) in [5.41, 5.74) is 2.50. The summed E-state index contributed by atoms with van der Waals surface area (Å²) in [7, 11) is 1.74. The quantitative estimate of drug-likeness (QED) is 0.651. The Hall–Kier alpha value is -0.390. The molecule has 5 heteroatoms. The van der Waals surface area contributed by atoms with Gasteiger partial charge in [-0.2, -0.15) is 5.10 Å². The van der Waals surface area contributed by atoms with Crippen molar-refractivity contribution >= 4 is 15.9 Å². The minimum absolute atomic E-state index is 0.602. The molecule has 1 unspecified atom stereocenters. The van der Waals surface area contributed by atoms with Crippen molar-refractivity contribution in [2.45, 2.75) is 47.1 Å². The molecule has 1 aromatic rings. The van der Waals surface area contributed by atoms with E-state index < -0.39 is 0 Å². The van der Waals surface area contributed by atoms with Crippen LogP contribution < -0.4 is 5.32 Å². The largest absolute Gasteiger partial charge is 0.383 e. The fourth-order valence-electron chi connectivity index (χ4n) is 2.47. The smallest absolute Gasteiger partial charge is 0.0766 e. The van der Waals surface area contributed by atoms with Crippen molar-refractivity contribution < 1.29 is 4.74 Å². The van der Waals surface area contributed by atoms with E-state index in [-0.39, 0.29) is 0 Å². The van der Waals surface area contributed by atoms with Crippen LogP contribution >= 0.6 is 15.9 Å². The van der Waals surface area contributed by atoms with E-state index in [1.165, 1.54) is 15.9 Å². The normalized spacial score (nSPS) is 13.1. The van der Waals surface area contributed by atoms with Gasteiger partial charge >= 0.3 is 0 Å². The number of aromatic nitrogens is 2. The molecule has 122 valence electrons. The van der Waals surface area contributed by atoms with E-state index in [0.29, 0.717) is 11.8 Å². The first-order chi connectivity index (χ1) is 10.0. The SMILES string of the molecule is CCc1nn(CC)c(CC(CNCCOC)C(C)C)c1Br. The Balaban J connectivity index is 2.76. The van der Waals surface area contributed by atoms with E-state index in [9.17, 15) is 0 Å². The van der Waals surface area contributed by atoms with Gasteiger partial charge in [0, 0.05) is 20.2 Å². The van der Waals surface area contributed by atoms with Gasteiger partial charge in [-0.05, 0) is 54.1 Å². The standard InChI is InChI=1S/C16H30BrN3O/c1-6-14-16(17)15(20(7-2)19-14)10-13(12(3)4)11-18-8-9-21-5/h12-13,18H,6-11H2,1-5H3. The summed E-state index contributed by atoms with van der Waals surface area (Å²) in [6.07, 6.45) is 2.03. The van der Waals surface area contributed by atoms with Crippen LogP contribution in [0.1, 0.15) is 39.1 Å². The minimum Gasteiger partial charge on any atom is -0.383 e. The first-order valence-electron chi connectivity index (χ1n) is 7.98. The predicted molar refractivity (Wildman–Crippen MR) is 91.8 cm³/mol. The molecule has 21 heavy (non-hydrogen) atoms. The molecule has 0 spiro atoms. The molecule has 0 aliphatic carbocycles. The predicted octanol–water partition coefficient (Wildman–Crippen LogP) is 3.28. The summed E-state index contributed by atoms with van der Waals surface area (Å²) < 4.78 is 8.44. The third kappa shape index (κ3) is 5.38. The molecule has 1 rings (SSSR count). The van der Waals surface area contributed by atoms with Gasteiger partial charge in [0.1, 0.15) is 0 Å². The van der Waals surface area contributed by atoms with Crippen LogP contribution in [0.2, 0.25) is 0 Å². The van der Waals surface area contributed by atoms with Crippen molar-refractivity contribution in [2.24, 2.45) is 11.8 Å². The fraction of sp³-hybridized carbons (Fsp3) is 0.812. The molecular formula is C16H30BrN3O. The van der Waals surface area contributed by atoms with Crippen molar-refractivity contribution in [2.75, 3.05) is 26.8 Å². The van der Waals surface area contributed by atoms with Crippen molar-refractivity contribution in [1.82, 2.24) is 15.1 Å². The summed E-state index contributed by atoms with van der Waals surface area (Å²) in [6.45, 7) is 12.5. The average Bonchev–Trinajstić information content (AvgIpc) is 2.77. The van der Waals surface area contributed by atoms with Crippen LogP contribution in [0.25, 0.3) is 0 Å². The Morgan fingerprint density at radius 1 is 1.33 bits per heavy atom. The van der Waals surface area contributed by atoms with Crippen molar-refractivity contribution in [3.63, 3.8) is 0 Å². The highest BCUT2D eigenvalue weighted by atomic mass is 79.9. The molecule has 0 aliphatic heterocycles. The number of hydrogen-bond acceptors (Lipinski definition) is 3. The van der Waals surface area contributed by atoms with Gasteiger partial charge < -0.3 is 10.1 Å². The summed E-state index contributed by atoms with van der Waals surface area (Å²) in [5.74, 6) is 1.24. The first kappa shape index (κ1) is 18.7. The van der Waals surface area contributed by atoms with Crippen LogP contribution in [0, 0.1) is 11.8 Å². The van der Waals surface area contributed by atoms with Crippen LogP contribution in [-0.2, 0) is 24.1 Å². The number of halogens is 1. The van der Waals surface area contributed by atoms with Gasteiger partial charge in [-0.3, -0.25) is 4.68 Å². The Morgan fingerprint density at radius 2 is 2.05 bits per heavy atom. The molecule has 0 aromatic carbocycles. The second kappa shape index (κ2) is 9.59. The number of nitrogens with one attached hydrogen (secondary N) is 1. The third-order valence-corrected chi connectivity index (χ3v) is 4.90. The Morgan fingerprint density at radius 3 is 2.57 bits per heavy atom. The minimum atomic E-state index is 0.602. The van der Waals surface area contributed by atoms with Crippen LogP contribution in [0.3, 0.4) is 0 Å². The Bertz CT molecular complexity index is 418. The molecule has 0 saturated heterocycles. The highest BCUT2D eigenvalue weighted by Gasteiger charge is 2.20. The van der Waals surface area contributed by atoms with E-state index in [1.807, 2.05) is 0 Å². The molecule has 4 nitrogen and oxygen atoms in total. The number of rotatable bonds is 10. The van der Waals surface area contributed by atoms with E-state index >= 15 is 0 Å². The number of hydrogen-bond donors (Lipinski definition) is 1. The number of methoxy groups -OCH3 is 1. The van der Waals surface area contributed by atoms with Gasteiger partial charge in [-0.15, -0.1) is 0 Å². The summed E-state index contributed by atoms with van der Waals surface area (Å²) >= 11 is 3.75. The van der Waals surface area contributed by atoms with Gasteiger partial charge in [-0.25, -0.2) is 0 Å². The monoisotopic (exact) mass is 359 g/mol. The second-order valence-electron chi connectivity index (χ2n) is 5.78. The lowest BCUT2D eigenvalue weighted by Crippen LogP contribution is -2.30. The highest BCUT2D eigenvalue weighted by Crippen LogP contribution is 2.26. The second-order valence-corrected chi connectivity index (χ2v) is 6.57. The van der Waals surface area contributed by atoms with Gasteiger partial charge in [-0.1, -0.05) is 20.8 Å². The lowest BCUT2D eigenvalue weighted by atomic mass is 9.91. The molecule has 1 atom stereocenters. The maximum absolute atomic E-state index is 5.09. The zero-order valence-electron chi connectivity index (χ0n) is 14.1. The van der Waals surface area contributed by atoms with Crippen LogP contribution in [0.5, 0.6) is 0 Å². The highest BCUT2D eigenvalue weighted by molar-refractivity contribution is 9.10. The van der Waals surface area contributed by atoms with E-state index in [0.717, 1.165) is 39.1 Å². The van der Waals surface area contributed by atoms with E-state index in [2.05, 4.69) is 53.6 Å². The van der Waals surface area contributed by atoms with Crippen LogP contribution in [-0.4, -0.2) is 36.6 Å². The molecule has 1 heterocycles. The molecule has 0 fully saturated rings. The lowest BCUT2D eigenvalue weighted by Gasteiger charge is -2.22. The molecule has 0 aliphatic rings. The fourth-order valence-corrected chi connectivity index (χ4v) is 3.19. The Labute approximate surface area is 137 Å². The molecule has 1 aromatic heterocycles. The van der Waals surface area contributed by atoms with Gasteiger partial charge in [0.15, 0.2) is 0 Å². The number of aryl methyl sites for hydroxylation is 2. The van der Waals surface area contributed by atoms with Gasteiger partial charge in [0.05, 0.1) is 22.5 Å². The third-order valence-electron chi connectivity index (χ3n) is 3.98. The summed E-state index contributed by atoms with van der Waals surface area (Å²) in [6, 6.07) is 0. The molecule has 1 N–H and O–H groups in total. The van der Waals surface area contributed by atoms with E-state index in [1.54, 1.807) is 7.11 Å². The molecule has 0 radical (unpaired) electrons. The maximum atomic E-state index is 5.09. The van der Waals surface area contributed by atoms with Gasteiger partial charge in [0.25, 0.3) is 0 Å². The first-order valence-corrected chi connectivity index (χ1v) is 8.78. The maximum Gasteiger partial charge on any atom is 0.0766 e. The van der Waals surface area contributed by atoms with Crippen molar-refractivity contribution in [3.05, 3.63) is 15.9 Å². The molecule has 0 bridgehead atoms. The Kier molecular flexibility index (Phi) is 8.52.